The van der Waals surface area contributed by atoms with Crippen LogP contribution in [-0.2, 0) is 4.74 Å². The number of fused-ring (bicyclic) bond motifs is 1. The Morgan fingerprint density at radius 3 is 3.06 bits per heavy atom. The Balaban J connectivity index is 2.04. The van der Waals surface area contributed by atoms with Gasteiger partial charge < -0.3 is 15.0 Å². The summed E-state index contributed by atoms with van der Waals surface area (Å²) in [5.41, 5.74) is 2.08. The predicted octanol–water partition coefficient (Wildman–Crippen LogP) is 1.19. The Morgan fingerprint density at radius 2 is 2.24 bits per heavy atom. The maximum Gasteiger partial charge on any atom is 0.189 e. The second-order valence-corrected chi connectivity index (χ2v) is 4.23. The average Bonchev–Trinajstić information content (AvgIpc) is 2.40. The zero-order chi connectivity index (χ0) is 11.7. The second kappa shape index (κ2) is 4.31. The molecule has 0 amide bonds. The number of hydrogen-bond acceptors (Lipinski definition) is 3. The molecule has 1 saturated heterocycles. The van der Waals surface area contributed by atoms with E-state index in [4.69, 9.17) is 4.74 Å². The number of nitrogens with one attached hydrogen (secondary N) is 2. The van der Waals surface area contributed by atoms with Crippen LogP contribution in [0.4, 0.5) is 0 Å². The smallest absolute Gasteiger partial charge is 0.189 e. The number of aromatic amines is 1. The van der Waals surface area contributed by atoms with Crippen molar-refractivity contribution in [3.63, 3.8) is 0 Å². The summed E-state index contributed by atoms with van der Waals surface area (Å²) in [5.74, 6) is 0. The molecule has 0 aliphatic carbocycles. The SMILES string of the molecule is O=c1cc[nH]c2cc(C3COCCN3)ccc12. The molecule has 1 aromatic heterocycles. The first-order chi connectivity index (χ1) is 8.34. The van der Waals surface area contributed by atoms with Crippen LogP contribution in [0.5, 0.6) is 0 Å². The molecular formula is C13H14N2O2. The standard InChI is InChI=1S/C13H14N2O2/c16-13-3-4-14-11-7-9(1-2-10(11)13)12-8-17-6-5-15-12/h1-4,7,12,15H,5-6,8H2,(H,14,16). The summed E-state index contributed by atoms with van der Waals surface area (Å²) in [6.45, 7) is 2.32. The quantitative estimate of drug-likeness (QED) is 0.773. The molecular weight excluding hydrogens is 216 g/mol. The molecule has 2 N–H and O–H groups in total. The molecule has 1 atom stereocenters. The zero-order valence-electron chi connectivity index (χ0n) is 9.40. The van der Waals surface area contributed by atoms with Gasteiger partial charge in [-0.2, -0.15) is 0 Å². The van der Waals surface area contributed by atoms with E-state index < -0.39 is 0 Å². The third kappa shape index (κ3) is 1.97. The van der Waals surface area contributed by atoms with Gasteiger partial charge in [-0.3, -0.25) is 4.79 Å². The topological polar surface area (TPSA) is 54.1 Å². The van der Waals surface area contributed by atoms with E-state index in [0.717, 1.165) is 29.6 Å². The number of ether oxygens (including phenoxy) is 1. The van der Waals surface area contributed by atoms with Gasteiger partial charge in [0.25, 0.3) is 0 Å². The molecule has 4 nitrogen and oxygen atoms in total. The summed E-state index contributed by atoms with van der Waals surface area (Å²) in [6.07, 6.45) is 1.68. The van der Waals surface area contributed by atoms with Crippen molar-refractivity contribution in [3.8, 4) is 0 Å². The Bertz CT molecular complexity index is 585. The number of rotatable bonds is 1. The predicted molar refractivity (Wildman–Crippen MR) is 66.1 cm³/mol. The molecule has 0 bridgehead atoms. The lowest BCUT2D eigenvalue weighted by Gasteiger charge is -2.24. The molecule has 88 valence electrons. The maximum absolute atomic E-state index is 11.6. The monoisotopic (exact) mass is 230 g/mol. The van der Waals surface area contributed by atoms with Gasteiger partial charge in [0.05, 0.1) is 19.3 Å². The van der Waals surface area contributed by atoms with Gasteiger partial charge >= 0.3 is 0 Å². The first-order valence-electron chi connectivity index (χ1n) is 5.77. The molecule has 1 fully saturated rings. The number of H-pyrrole nitrogens is 1. The van der Waals surface area contributed by atoms with Crippen molar-refractivity contribution in [2.75, 3.05) is 19.8 Å². The minimum absolute atomic E-state index is 0.0538. The van der Waals surface area contributed by atoms with Crippen LogP contribution in [0.3, 0.4) is 0 Å². The van der Waals surface area contributed by atoms with Crippen LogP contribution in [0.1, 0.15) is 11.6 Å². The van der Waals surface area contributed by atoms with Crippen LogP contribution in [0, 0.1) is 0 Å². The molecule has 1 aromatic carbocycles. The second-order valence-electron chi connectivity index (χ2n) is 4.23. The van der Waals surface area contributed by atoms with Crippen LogP contribution in [0.25, 0.3) is 10.9 Å². The van der Waals surface area contributed by atoms with E-state index >= 15 is 0 Å². The van der Waals surface area contributed by atoms with Crippen LogP contribution >= 0.6 is 0 Å². The Morgan fingerprint density at radius 1 is 1.29 bits per heavy atom. The summed E-state index contributed by atoms with van der Waals surface area (Å²) in [4.78, 5) is 14.7. The molecule has 1 aliphatic rings. The zero-order valence-corrected chi connectivity index (χ0v) is 9.40. The summed E-state index contributed by atoms with van der Waals surface area (Å²) in [6, 6.07) is 7.65. The highest BCUT2D eigenvalue weighted by Crippen LogP contribution is 2.18. The van der Waals surface area contributed by atoms with E-state index in [2.05, 4.69) is 10.3 Å². The Hall–Kier alpha value is -1.65. The Kier molecular flexibility index (Phi) is 2.66. The van der Waals surface area contributed by atoms with E-state index in [9.17, 15) is 4.79 Å². The van der Waals surface area contributed by atoms with Gasteiger partial charge in [0.1, 0.15) is 0 Å². The van der Waals surface area contributed by atoms with E-state index in [1.54, 1.807) is 12.3 Å². The van der Waals surface area contributed by atoms with E-state index in [1.165, 1.54) is 0 Å². The molecule has 0 radical (unpaired) electrons. The minimum Gasteiger partial charge on any atom is -0.378 e. The number of hydrogen-bond donors (Lipinski definition) is 2. The van der Waals surface area contributed by atoms with Crippen LogP contribution in [0.2, 0.25) is 0 Å². The molecule has 17 heavy (non-hydrogen) atoms. The van der Waals surface area contributed by atoms with Gasteiger partial charge in [0.2, 0.25) is 0 Å². The number of pyridine rings is 1. The number of benzene rings is 1. The van der Waals surface area contributed by atoms with Crippen molar-refractivity contribution in [1.29, 1.82) is 0 Å². The first kappa shape index (κ1) is 10.5. The summed E-state index contributed by atoms with van der Waals surface area (Å²) >= 11 is 0. The lowest BCUT2D eigenvalue weighted by Crippen LogP contribution is -2.34. The van der Waals surface area contributed by atoms with Crippen molar-refractivity contribution < 1.29 is 4.74 Å². The normalized spacial score (nSPS) is 20.6. The molecule has 2 aromatic rings. The fourth-order valence-electron chi connectivity index (χ4n) is 2.19. The summed E-state index contributed by atoms with van der Waals surface area (Å²) in [5, 5.41) is 4.13. The molecule has 1 aliphatic heterocycles. The van der Waals surface area contributed by atoms with E-state index in [1.807, 2.05) is 18.2 Å². The highest BCUT2D eigenvalue weighted by molar-refractivity contribution is 5.78. The first-order valence-corrected chi connectivity index (χ1v) is 5.77. The third-order valence-corrected chi connectivity index (χ3v) is 3.11. The van der Waals surface area contributed by atoms with E-state index in [0.29, 0.717) is 6.61 Å². The van der Waals surface area contributed by atoms with Crippen LogP contribution in [-0.4, -0.2) is 24.7 Å². The van der Waals surface area contributed by atoms with Crippen molar-refractivity contribution >= 4 is 10.9 Å². The van der Waals surface area contributed by atoms with Gasteiger partial charge in [0, 0.05) is 29.7 Å². The average molecular weight is 230 g/mol. The highest BCUT2D eigenvalue weighted by atomic mass is 16.5. The largest absolute Gasteiger partial charge is 0.378 e. The lowest BCUT2D eigenvalue weighted by molar-refractivity contribution is 0.0769. The molecule has 0 saturated carbocycles. The molecule has 0 spiro atoms. The highest BCUT2D eigenvalue weighted by Gasteiger charge is 2.15. The van der Waals surface area contributed by atoms with Crippen molar-refractivity contribution in [3.05, 3.63) is 46.2 Å². The van der Waals surface area contributed by atoms with Gasteiger partial charge in [-0.25, -0.2) is 0 Å². The van der Waals surface area contributed by atoms with Crippen LogP contribution < -0.4 is 10.7 Å². The molecule has 4 heteroatoms. The van der Waals surface area contributed by atoms with Crippen molar-refractivity contribution in [1.82, 2.24) is 10.3 Å². The molecule has 1 unspecified atom stereocenters. The van der Waals surface area contributed by atoms with Crippen molar-refractivity contribution in [2.45, 2.75) is 6.04 Å². The number of morpholine rings is 1. The van der Waals surface area contributed by atoms with Crippen molar-refractivity contribution in [2.24, 2.45) is 0 Å². The van der Waals surface area contributed by atoms with Gasteiger partial charge in [-0.05, 0) is 17.7 Å². The van der Waals surface area contributed by atoms with Crippen LogP contribution in [0.15, 0.2) is 35.3 Å². The fourth-order valence-corrected chi connectivity index (χ4v) is 2.19. The Labute approximate surface area is 98.6 Å². The fraction of sp³-hybridized carbons (Fsp3) is 0.308. The number of aromatic nitrogens is 1. The summed E-state index contributed by atoms with van der Waals surface area (Å²) in [7, 11) is 0. The third-order valence-electron chi connectivity index (χ3n) is 3.11. The summed E-state index contributed by atoms with van der Waals surface area (Å²) < 4.78 is 5.44. The lowest BCUT2D eigenvalue weighted by atomic mass is 10.0. The van der Waals surface area contributed by atoms with Gasteiger partial charge in [0.15, 0.2) is 5.43 Å². The maximum atomic E-state index is 11.6. The van der Waals surface area contributed by atoms with Gasteiger partial charge in [-0.1, -0.05) is 6.07 Å². The minimum atomic E-state index is 0.0538. The van der Waals surface area contributed by atoms with Gasteiger partial charge in [-0.15, -0.1) is 0 Å². The van der Waals surface area contributed by atoms with E-state index in [-0.39, 0.29) is 11.5 Å². The molecule has 2 heterocycles. The molecule has 3 rings (SSSR count).